The third-order valence-electron chi connectivity index (χ3n) is 9.35. The number of rotatable bonds is 10. The maximum Gasteiger partial charge on any atom is 0.240 e. The summed E-state index contributed by atoms with van der Waals surface area (Å²) in [6.07, 6.45) is 6.34. The van der Waals surface area contributed by atoms with Gasteiger partial charge in [-0.2, -0.15) is 0 Å². The van der Waals surface area contributed by atoms with E-state index in [1.807, 2.05) is 19.2 Å². The van der Waals surface area contributed by atoms with Crippen LogP contribution in [-0.2, 0) is 19.6 Å². The Labute approximate surface area is 254 Å². The van der Waals surface area contributed by atoms with Crippen LogP contribution in [0.15, 0.2) is 36.4 Å². The van der Waals surface area contributed by atoms with Gasteiger partial charge < -0.3 is 10.1 Å². The number of sulfonamides is 1. The number of carbonyl (C=O) groups is 2. The number of likely N-dealkylation sites (tertiary alicyclic amines) is 1. The molecule has 8 nitrogen and oxygen atoms in total. The topological polar surface area (TPSA) is 105 Å². The first-order valence-corrected chi connectivity index (χ1v) is 17.2. The Bertz CT molecular complexity index is 1480. The van der Waals surface area contributed by atoms with Gasteiger partial charge in [-0.05, 0) is 98.2 Å². The molecule has 2 aliphatic carbocycles. The van der Waals surface area contributed by atoms with E-state index in [4.69, 9.17) is 4.74 Å². The van der Waals surface area contributed by atoms with Crippen LogP contribution in [0.5, 0.6) is 5.75 Å². The van der Waals surface area contributed by atoms with Crippen LogP contribution in [-0.4, -0.2) is 63.7 Å². The Hall–Kier alpha value is -2.98. The standard InChI is InChI=1S/C33H44FN3O5S/c1-20(31(38)36-43(5,40)41)23-12-13-29(26(16-23)25-10-7-11-27(34)30(25)22-8-6-9-22)42-18-21-14-24(15-21)35-32(39)28-17-33(2,3)19-37(28)4/h7,10-13,16,20-22,24,28H,6,8-9,14-15,17-19H2,1-5H3,(H,35,39)(H,36,38)/t20-,21?,24?,28+/m1/s1. The summed E-state index contributed by atoms with van der Waals surface area (Å²) in [4.78, 5) is 27.7. The monoisotopic (exact) mass is 613 g/mol. The number of hydrogen-bond acceptors (Lipinski definition) is 6. The summed E-state index contributed by atoms with van der Waals surface area (Å²) >= 11 is 0. The van der Waals surface area contributed by atoms with Gasteiger partial charge in [0.2, 0.25) is 21.8 Å². The minimum atomic E-state index is -3.71. The van der Waals surface area contributed by atoms with Gasteiger partial charge in [0.05, 0.1) is 24.8 Å². The molecular formula is C33H44FN3O5S. The van der Waals surface area contributed by atoms with Gasteiger partial charge in [-0.1, -0.05) is 38.5 Å². The summed E-state index contributed by atoms with van der Waals surface area (Å²) in [6, 6.07) is 10.5. The zero-order valence-electron chi connectivity index (χ0n) is 25.8. The van der Waals surface area contributed by atoms with E-state index in [0.717, 1.165) is 56.9 Å². The Morgan fingerprint density at radius 2 is 1.86 bits per heavy atom. The van der Waals surface area contributed by atoms with Crippen molar-refractivity contribution in [2.75, 3.05) is 26.5 Å². The molecule has 2 amide bonds. The molecule has 3 fully saturated rings. The SMILES string of the molecule is C[C@@H](C(=O)NS(C)(=O)=O)c1ccc(OCC2CC(NC(=O)[C@@H]3CC(C)(C)CN3C)C2)c(-c2cccc(F)c2C2CCC2)c1. The van der Waals surface area contributed by atoms with Crippen LogP contribution in [0.4, 0.5) is 4.39 Å². The molecule has 0 radical (unpaired) electrons. The van der Waals surface area contributed by atoms with E-state index in [1.54, 1.807) is 25.1 Å². The Morgan fingerprint density at radius 3 is 2.47 bits per heavy atom. The summed E-state index contributed by atoms with van der Waals surface area (Å²) in [5.41, 5.74) is 2.83. The molecule has 0 aromatic heterocycles. The quantitative estimate of drug-likeness (QED) is 0.393. The predicted octanol–water partition coefficient (Wildman–Crippen LogP) is 4.94. The molecule has 10 heteroatoms. The van der Waals surface area contributed by atoms with Crippen LogP contribution in [0.3, 0.4) is 0 Å². The van der Waals surface area contributed by atoms with E-state index in [9.17, 15) is 18.0 Å². The van der Waals surface area contributed by atoms with Gasteiger partial charge in [-0.15, -0.1) is 0 Å². The molecule has 234 valence electrons. The minimum absolute atomic E-state index is 0.0931. The molecule has 0 bridgehead atoms. The largest absolute Gasteiger partial charge is 0.493 e. The van der Waals surface area contributed by atoms with E-state index in [0.29, 0.717) is 29.0 Å². The van der Waals surface area contributed by atoms with Crippen molar-refractivity contribution in [1.29, 1.82) is 0 Å². The first kappa shape index (κ1) is 31.4. The number of halogens is 1. The number of likely N-dealkylation sites (N-methyl/N-ethyl adjacent to an activating group) is 1. The maximum absolute atomic E-state index is 15.2. The lowest BCUT2D eigenvalue weighted by molar-refractivity contribution is -0.127. The molecule has 0 spiro atoms. The fourth-order valence-electron chi connectivity index (χ4n) is 6.78. The summed E-state index contributed by atoms with van der Waals surface area (Å²) in [5.74, 6) is -0.547. The average Bonchev–Trinajstić information content (AvgIpc) is 3.15. The fourth-order valence-corrected chi connectivity index (χ4v) is 7.32. The Balaban J connectivity index is 1.31. The van der Waals surface area contributed by atoms with E-state index in [1.165, 1.54) is 6.07 Å². The highest BCUT2D eigenvalue weighted by Gasteiger charge is 2.41. The van der Waals surface area contributed by atoms with Crippen molar-refractivity contribution in [3.8, 4) is 16.9 Å². The fraction of sp³-hybridized carbons (Fsp3) is 0.576. The lowest BCUT2D eigenvalue weighted by atomic mass is 9.76. The number of nitrogens with zero attached hydrogens (tertiary/aromatic N) is 1. The molecule has 43 heavy (non-hydrogen) atoms. The number of benzene rings is 2. The van der Waals surface area contributed by atoms with Gasteiger partial charge >= 0.3 is 0 Å². The molecule has 2 aromatic carbocycles. The van der Waals surface area contributed by atoms with Crippen molar-refractivity contribution in [3.63, 3.8) is 0 Å². The van der Waals surface area contributed by atoms with Gasteiger partial charge in [0.25, 0.3) is 0 Å². The minimum Gasteiger partial charge on any atom is -0.493 e. The van der Waals surface area contributed by atoms with Crippen LogP contribution in [0, 0.1) is 17.2 Å². The van der Waals surface area contributed by atoms with Gasteiger partial charge in [0.1, 0.15) is 11.6 Å². The molecule has 0 unspecified atom stereocenters. The first-order chi connectivity index (χ1) is 20.2. The molecule has 3 aliphatic rings. The van der Waals surface area contributed by atoms with Crippen LogP contribution >= 0.6 is 0 Å². The predicted molar refractivity (Wildman–Crippen MR) is 165 cm³/mol. The highest BCUT2D eigenvalue weighted by Crippen LogP contribution is 2.45. The normalized spacial score (nSPS) is 24.5. The van der Waals surface area contributed by atoms with Crippen molar-refractivity contribution in [3.05, 3.63) is 53.3 Å². The number of amides is 2. The van der Waals surface area contributed by atoms with Crippen molar-refractivity contribution in [1.82, 2.24) is 14.9 Å². The molecular weight excluding hydrogens is 569 g/mol. The van der Waals surface area contributed by atoms with Gasteiger partial charge in [-0.3, -0.25) is 19.2 Å². The van der Waals surface area contributed by atoms with Gasteiger partial charge in [0.15, 0.2) is 0 Å². The first-order valence-electron chi connectivity index (χ1n) is 15.3. The second-order valence-corrected chi connectivity index (χ2v) is 15.4. The van der Waals surface area contributed by atoms with Crippen molar-refractivity contribution >= 4 is 21.8 Å². The van der Waals surface area contributed by atoms with Crippen LogP contribution < -0.4 is 14.8 Å². The number of ether oxygens (including phenoxy) is 1. The molecule has 5 rings (SSSR count). The molecule has 1 aliphatic heterocycles. The summed E-state index contributed by atoms with van der Waals surface area (Å²) < 4.78 is 47.0. The average molecular weight is 614 g/mol. The second-order valence-electron chi connectivity index (χ2n) is 13.7. The molecule has 2 aromatic rings. The van der Waals surface area contributed by atoms with E-state index >= 15 is 4.39 Å². The lowest BCUT2D eigenvalue weighted by Crippen LogP contribution is -2.51. The highest BCUT2D eigenvalue weighted by molar-refractivity contribution is 7.89. The number of nitrogens with one attached hydrogen (secondary N) is 2. The van der Waals surface area contributed by atoms with Crippen molar-refractivity contribution in [2.45, 2.75) is 83.2 Å². The molecule has 1 heterocycles. The van der Waals surface area contributed by atoms with Crippen molar-refractivity contribution in [2.24, 2.45) is 11.3 Å². The van der Waals surface area contributed by atoms with Crippen molar-refractivity contribution < 1.29 is 27.1 Å². The third-order valence-corrected chi connectivity index (χ3v) is 9.93. The van der Waals surface area contributed by atoms with Crippen LogP contribution in [0.1, 0.15) is 82.3 Å². The van der Waals surface area contributed by atoms with E-state index in [2.05, 4.69) is 28.8 Å². The zero-order chi connectivity index (χ0) is 31.1. The third kappa shape index (κ3) is 7.23. The second kappa shape index (κ2) is 12.2. The number of carbonyl (C=O) groups excluding carboxylic acids is 2. The zero-order valence-corrected chi connectivity index (χ0v) is 26.6. The smallest absolute Gasteiger partial charge is 0.240 e. The highest BCUT2D eigenvalue weighted by atomic mass is 32.2. The Kier molecular flexibility index (Phi) is 8.91. The van der Waals surface area contributed by atoms with Crippen LogP contribution in [0.25, 0.3) is 11.1 Å². The summed E-state index contributed by atoms with van der Waals surface area (Å²) in [5, 5.41) is 3.22. The molecule has 1 saturated heterocycles. The van der Waals surface area contributed by atoms with E-state index < -0.39 is 21.8 Å². The van der Waals surface area contributed by atoms with E-state index in [-0.39, 0.29) is 41.1 Å². The molecule has 2 N–H and O–H groups in total. The maximum atomic E-state index is 15.2. The van der Waals surface area contributed by atoms with Gasteiger partial charge in [0, 0.05) is 18.2 Å². The molecule has 2 atom stereocenters. The van der Waals surface area contributed by atoms with Crippen LogP contribution in [0.2, 0.25) is 0 Å². The summed E-state index contributed by atoms with van der Waals surface area (Å²) in [7, 11) is -1.70. The molecule has 2 saturated carbocycles. The lowest BCUT2D eigenvalue weighted by Gasteiger charge is -2.37. The van der Waals surface area contributed by atoms with Gasteiger partial charge in [-0.25, -0.2) is 12.8 Å². The Morgan fingerprint density at radius 1 is 1.14 bits per heavy atom. The number of hydrogen-bond donors (Lipinski definition) is 2. The summed E-state index contributed by atoms with van der Waals surface area (Å²) in [6.45, 7) is 7.39.